The number of carbonyl (C=O) groups excluding carboxylic acids is 1. The third-order valence-electron chi connectivity index (χ3n) is 2.47. The van der Waals surface area contributed by atoms with Crippen LogP contribution in [-0.2, 0) is 4.74 Å². The fourth-order valence-electron chi connectivity index (χ4n) is 1.72. The number of esters is 1. The van der Waals surface area contributed by atoms with Crippen LogP contribution < -0.4 is 0 Å². The highest BCUT2D eigenvalue weighted by molar-refractivity contribution is 14.2. The second-order valence-corrected chi connectivity index (χ2v) is 5.27. The number of nitrogens with zero attached hydrogens (tertiary/aromatic N) is 1. The van der Waals surface area contributed by atoms with Crippen LogP contribution in [0.3, 0.4) is 0 Å². The Morgan fingerprint density at radius 1 is 1.33 bits per heavy atom. The van der Waals surface area contributed by atoms with E-state index in [9.17, 15) is 4.79 Å². The first kappa shape index (κ1) is 13.5. The van der Waals surface area contributed by atoms with Crippen molar-refractivity contribution in [3.8, 4) is 11.3 Å². The van der Waals surface area contributed by atoms with E-state index >= 15 is 0 Å². The highest BCUT2D eigenvalue weighted by Gasteiger charge is 2.18. The van der Waals surface area contributed by atoms with Gasteiger partial charge in [-0.05, 0) is 18.6 Å². The SMILES string of the molecule is CCOC(=O)c1ccn(SI)c1-c1ccccc1. The maximum absolute atomic E-state index is 11.9. The molecule has 0 radical (unpaired) electrons. The number of ether oxygens (including phenoxy) is 1. The van der Waals surface area contributed by atoms with Gasteiger partial charge in [0.2, 0.25) is 0 Å². The Labute approximate surface area is 122 Å². The van der Waals surface area contributed by atoms with Gasteiger partial charge in [0.1, 0.15) is 0 Å². The van der Waals surface area contributed by atoms with E-state index in [1.165, 1.54) is 9.12 Å². The molecule has 1 aromatic heterocycles. The van der Waals surface area contributed by atoms with Crippen molar-refractivity contribution in [1.29, 1.82) is 0 Å². The Balaban J connectivity index is 2.50. The second kappa shape index (κ2) is 6.29. The van der Waals surface area contributed by atoms with E-state index in [0.29, 0.717) is 12.2 Å². The number of carbonyl (C=O) groups is 1. The third-order valence-corrected chi connectivity index (χ3v) is 4.20. The lowest BCUT2D eigenvalue weighted by Crippen LogP contribution is -2.05. The van der Waals surface area contributed by atoms with Gasteiger partial charge < -0.3 is 4.74 Å². The van der Waals surface area contributed by atoms with E-state index in [1.54, 1.807) is 6.07 Å². The molecule has 1 aromatic carbocycles. The average molecular weight is 373 g/mol. The van der Waals surface area contributed by atoms with Crippen molar-refractivity contribution >= 4 is 36.3 Å². The normalized spacial score (nSPS) is 10.3. The summed E-state index contributed by atoms with van der Waals surface area (Å²) in [6.07, 6.45) is 1.88. The smallest absolute Gasteiger partial charge is 0.340 e. The zero-order valence-corrected chi connectivity index (χ0v) is 12.8. The van der Waals surface area contributed by atoms with Crippen molar-refractivity contribution in [3.05, 3.63) is 48.2 Å². The first-order valence-electron chi connectivity index (χ1n) is 5.51. The largest absolute Gasteiger partial charge is 0.462 e. The Morgan fingerprint density at radius 3 is 2.67 bits per heavy atom. The Kier molecular flexibility index (Phi) is 4.71. The topological polar surface area (TPSA) is 31.2 Å². The van der Waals surface area contributed by atoms with Gasteiger partial charge in [-0.3, -0.25) is 3.97 Å². The highest BCUT2D eigenvalue weighted by Crippen LogP contribution is 2.31. The van der Waals surface area contributed by atoms with Crippen LogP contribution in [0.5, 0.6) is 0 Å². The molecule has 94 valence electrons. The molecule has 0 saturated carbocycles. The number of rotatable bonds is 4. The van der Waals surface area contributed by atoms with Crippen LogP contribution in [0, 0.1) is 0 Å². The van der Waals surface area contributed by atoms with Crippen molar-refractivity contribution in [2.45, 2.75) is 6.92 Å². The zero-order valence-electron chi connectivity index (χ0n) is 9.80. The van der Waals surface area contributed by atoms with Gasteiger partial charge >= 0.3 is 5.97 Å². The molecule has 0 aliphatic heterocycles. The van der Waals surface area contributed by atoms with Crippen LogP contribution in [0.25, 0.3) is 11.3 Å². The minimum Gasteiger partial charge on any atom is -0.462 e. The number of aromatic nitrogens is 1. The molecule has 0 N–H and O–H groups in total. The molecule has 0 aliphatic rings. The highest BCUT2D eigenvalue weighted by atomic mass is 127. The lowest BCUT2D eigenvalue weighted by Gasteiger charge is -2.08. The summed E-state index contributed by atoms with van der Waals surface area (Å²) in [5.74, 6) is -0.277. The molecule has 3 nitrogen and oxygen atoms in total. The quantitative estimate of drug-likeness (QED) is 0.595. The van der Waals surface area contributed by atoms with Crippen LogP contribution in [0.15, 0.2) is 42.6 Å². The van der Waals surface area contributed by atoms with Crippen molar-refractivity contribution in [3.63, 3.8) is 0 Å². The maximum atomic E-state index is 11.9. The molecular weight excluding hydrogens is 361 g/mol. The van der Waals surface area contributed by atoms with E-state index in [0.717, 1.165) is 11.3 Å². The van der Waals surface area contributed by atoms with E-state index in [1.807, 2.05) is 47.4 Å². The van der Waals surface area contributed by atoms with Gasteiger partial charge in [0, 0.05) is 36.5 Å². The number of halogens is 1. The van der Waals surface area contributed by atoms with Crippen molar-refractivity contribution in [2.75, 3.05) is 6.61 Å². The molecule has 2 aromatic rings. The first-order chi connectivity index (χ1) is 8.77. The third kappa shape index (κ3) is 2.72. The van der Waals surface area contributed by atoms with E-state index in [2.05, 4.69) is 21.2 Å². The maximum Gasteiger partial charge on any atom is 0.340 e. The van der Waals surface area contributed by atoms with Crippen LogP contribution in [0.1, 0.15) is 17.3 Å². The fraction of sp³-hybridized carbons (Fsp3) is 0.154. The van der Waals surface area contributed by atoms with Crippen LogP contribution in [-0.4, -0.2) is 16.5 Å². The summed E-state index contributed by atoms with van der Waals surface area (Å²) in [6.45, 7) is 2.19. The van der Waals surface area contributed by atoms with Gasteiger partial charge in [-0.1, -0.05) is 30.3 Å². The van der Waals surface area contributed by atoms with Crippen LogP contribution in [0.4, 0.5) is 0 Å². The predicted octanol–water partition coefficient (Wildman–Crippen LogP) is 4.18. The second-order valence-electron chi connectivity index (χ2n) is 3.56. The molecular formula is C13H12INO2S. The van der Waals surface area contributed by atoms with Crippen molar-refractivity contribution < 1.29 is 9.53 Å². The summed E-state index contributed by atoms with van der Waals surface area (Å²) in [5.41, 5.74) is 2.50. The fourth-order valence-corrected chi connectivity index (χ4v) is 3.09. The Bertz CT molecular complexity index is 539. The van der Waals surface area contributed by atoms with Gasteiger partial charge in [-0.15, -0.1) is 0 Å². The minimum absolute atomic E-state index is 0.277. The van der Waals surface area contributed by atoms with Gasteiger partial charge in [-0.2, -0.15) is 0 Å². The molecule has 0 saturated heterocycles. The molecule has 0 bridgehead atoms. The summed E-state index contributed by atoms with van der Waals surface area (Å²) >= 11 is 2.19. The lowest BCUT2D eigenvalue weighted by atomic mass is 10.1. The van der Waals surface area contributed by atoms with E-state index in [-0.39, 0.29) is 5.97 Å². The Morgan fingerprint density at radius 2 is 2.06 bits per heavy atom. The van der Waals surface area contributed by atoms with Crippen molar-refractivity contribution in [1.82, 2.24) is 3.97 Å². The lowest BCUT2D eigenvalue weighted by molar-refractivity contribution is 0.0527. The summed E-state index contributed by atoms with van der Waals surface area (Å²) in [5, 5.41) is 0. The molecule has 5 heteroatoms. The number of hydrogen-bond acceptors (Lipinski definition) is 3. The Hall–Kier alpha value is -0.950. The van der Waals surface area contributed by atoms with Gasteiger partial charge in [-0.25, -0.2) is 4.79 Å². The molecule has 0 amide bonds. The summed E-state index contributed by atoms with van der Waals surface area (Å²) in [6, 6.07) is 11.6. The number of hydrogen-bond donors (Lipinski definition) is 0. The molecule has 0 unspecified atom stereocenters. The minimum atomic E-state index is -0.277. The molecule has 18 heavy (non-hydrogen) atoms. The molecule has 0 spiro atoms. The molecule has 0 aliphatic carbocycles. The molecule has 0 atom stereocenters. The summed E-state index contributed by atoms with van der Waals surface area (Å²) in [7, 11) is 1.53. The first-order valence-corrected chi connectivity index (χ1v) is 8.82. The van der Waals surface area contributed by atoms with Crippen molar-refractivity contribution in [2.24, 2.45) is 0 Å². The molecule has 1 heterocycles. The van der Waals surface area contributed by atoms with E-state index in [4.69, 9.17) is 4.74 Å². The summed E-state index contributed by atoms with van der Waals surface area (Å²) < 4.78 is 7.04. The summed E-state index contributed by atoms with van der Waals surface area (Å²) in [4.78, 5) is 11.9. The number of benzene rings is 1. The van der Waals surface area contributed by atoms with Crippen LogP contribution in [0.2, 0.25) is 0 Å². The van der Waals surface area contributed by atoms with Gasteiger partial charge in [0.15, 0.2) is 0 Å². The average Bonchev–Trinajstić information content (AvgIpc) is 2.83. The van der Waals surface area contributed by atoms with Gasteiger partial charge in [0.05, 0.1) is 17.9 Å². The standard InChI is InChI=1S/C13H12INO2S/c1-2-17-13(16)11-8-9-15(18-14)12(11)10-6-4-3-5-7-10/h3-9H,2H2,1H3. The monoisotopic (exact) mass is 373 g/mol. The zero-order chi connectivity index (χ0) is 13.0. The van der Waals surface area contributed by atoms with E-state index < -0.39 is 0 Å². The van der Waals surface area contributed by atoms with Crippen LogP contribution >= 0.6 is 30.3 Å². The predicted molar refractivity (Wildman–Crippen MR) is 82.8 cm³/mol. The van der Waals surface area contributed by atoms with Gasteiger partial charge in [0.25, 0.3) is 0 Å². The molecule has 0 fully saturated rings. The molecule has 2 rings (SSSR count).